The van der Waals surface area contributed by atoms with Crippen molar-refractivity contribution in [2.75, 3.05) is 0 Å². The molecule has 0 spiro atoms. The van der Waals surface area contributed by atoms with E-state index in [1.54, 1.807) is 6.20 Å². The molecule has 0 aliphatic rings. The summed E-state index contributed by atoms with van der Waals surface area (Å²) in [7, 11) is 0. The van der Waals surface area contributed by atoms with Gasteiger partial charge in [0.25, 0.3) is 4.84 Å². The van der Waals surface area contributed by atoms with E-state index in [1.807, 2.05) is 6.07 Å². The van der Waals surface area contributed by atoms with Crippen LogP contribution >= 0.6 is 25.0 Å². The van der Waals surface area contributed by atoms with Crippen molar-refractivity contribution in [3.05, 3.63) is 28.7 Å². The third kappa shape index (κ3) is 2.93. The van der Waals surface area contributed by atoms with Crippen LogP contribution in [0.15, 0.2) is 16.7 Å². The molecule has 0 aliphatic carbocycles. The number of nitrogens with zero attached hydrogens (tertiary/aromatic N) is 3. The number of aryl methyl sites for hydroxylation is 2. The molecule has 0 bridgehead atoms. The second kappa shape index (κ2) is 4.63. The lowest BCUT2D eigenvalue weighted by atomic mass is 10.2. The molecular weight excluding hydrogens is 232 g/mol. The highest BCUT2D eigenvalue weighted by Gasteiger charge is 2.01. The Hall–Kier alpha value is -1.08. The number of thiol groups is 1. The Morgan fingerprint density at radius 1 is 1.53 bits per heavy atom. The predicted octanol–water partition coefficient (Wildman–Crippen LogP) is 1.80. The Morgan fingerprint density at radius 3 is 3.00 bits per heavy atom. The Bertz CT molecular complexity index is 487. The van der Waals surface area contributed by atoms with Crippen molar-refractivity contribution in [3.63, 3.8) is 0 Å². The molecule has 5 nitrogen and oxygen atoms in total. The van der Waals surface area contributed by atoms with Gasteiger partial charge >= 0.3 is 0 Å². The van der Waals surface area contributed by atoms with E-state index in [0.29, 0.717) is 10.7 Å². The van der Waals surface area contributed by atoms with Gasteiger partial charge in [-0.05, 0) is 43.9 Å². The quantitative estimate of drug-likeness (QED) is 0.634. The molecule has 7 heteroatoms. The van der Waals surface area contributed by atoms with Crippen LogP contribution in [0.2, 0.25) is 0 Å². The molecule has 0 radical (unpaired) electrons. The van der Waals surface area contributed by atoms with Crippen molar-refractivity contribution in [2.24, 2.45) is 0 Å². The van der Waals surface area contributed by atoms with Gasteiger partial charge in [0.2, 0.25) is 5.89 Å². The number of hydrogen-bond acceptors (Lipinski definition) is 5. The van der Waals surface area contributed by atoms with Crippen LogP contribution in [0.25, 0.3) is 0 Å². The summed E-state index contributed by atoms with van der Waals surface area (Å²) in [6.45, 7) is 0. The van der Waals surface area contributed by atoms with E-state index in [9.17, 15) is 0 Å². The average molecular weight is 242 g/mol. The van der Waals surface area contributed by atoms with E-state index in [0.717, 1.165) is 25.0 Å². The number of H-pyrrole nitrogens is 1. The first-order valence-corrected chi connectivity index (χ1v) is 5.33. The Labute approximate surface area is 97.0 Å². The number of aromatic nitrogens is 4. The maximum absolute atomic E-state index is 5.13. The van der Waals surface area contributed by atoms with Gasteiger partial charge in [-0.2, -0.15) is 5.10 Å². The van der Waals surface area contributed by atoms with E-state index >= 15 is 0 Å². The molecule has 0 atom stereocenters. The maximum Gasteiger partial charge on any atom is 0.284 e. The fraction of sp³-hybridized carbons (Fsp3) is 0.375. The number of hydrogen-bond donors (Lipinski definition) is 2. The number of aromatic amines is 1. The van der Waals surface area contributed by atoms with Crippen LogP contribution in [-0.4, -0.2) is 19.4 Å². The smallest absolute Gasteiger partial charge is 0.284 e. The molecule has 0 saturated heterocycles. The predicted molar refractivity (Wildman–Crippen MR) is 60.3 cm³/mol. The van der Waals surface area contributed by atoms with Crippen LogP contribution in [0.3, 0.4) is 0 Å². The van der Waals surface area contributed by atoms with Gasteiger partial charge in [-0.25, -0.2) is 9.19 Å². The third-order valence-electron chi connectivity index (χ3n) is 1.94. The lowest BCUT2D eigenvalue weighted by molar-refractivity contribution is 0.473. The summed E-state index contributed by atoms with van der Waals surface area (Å²) < 4.78 is 6.63. The first-order valence-electron chi connectivity index (χ1n) is 4.52. The molecule has 0 saturated carbocycles. The van der Waals surface area contributed by atoms with Gasteiger partial charge in [-0.1, -0.05) is 0 Å². The van der Waals surface area contributed by atoms with Crippen molar-refractivity contribution < 1.29 is 4.42 Å². The molecule has 2 heterocycles. The first-order chi connectivity index (χ1) is 7.24. The molecule has 0 unspecified atom stereocenters. The second-order valence-electron chi connectivity index (χ2n) is 3.09. The number of rotatable bonds is 4. The third-order valence-corrected chi connectivity index (χ3v) is 2.33. The van der Waals surface area contributed by atoms with E-state index in [4.69, 9.17) is 16.6 Å². The molecule has 0 aromatic carbocycles. The molecule has 0 amide bonds. The van der Waals surface area contributed by atoms with Gasteiger partial charge in [0.1, 0.15) is 0 Å². The van der Waals surface area contributed by atoms with Crippen LogP contribution in [0.1, 0.15) is 18.0 Å². The maximum atomic E-state index is 5.13. The second-order valence-corrected chi connectivity index (χ2v) is 3.87. The molecule has 15 heavy (non-hydrogen) atoms. The fourth-order valence-corrected chi connectivity index (χ4v) is 1.60. The van der Waals surface area contributed by atoms with Crippen LogP contribution in [-0.2, 0) is 12.8 Å². The van der Waals surface area contributed by atoms with E-state index < -0.39 is 0 Å². The lowest BCUT2D eigenvalue weighted by Gasteiger charge is -1.93. The minimum Gasteiger partial charge on any atom is -0.414 e. The average Bonchev–Trinajstić information content (AvgIpc) is 2.76. The van der Waals surface area contributed by atoms with Crippen LogP contribution in [0.5, 0.6) is 0 Å². The molecule has 2 aromatic heterocycles. The highest BCUT2D eigenvalue weighted by atomic mass is 32.1. The minimum atomic E-state index is 0.324. The zero-order chi connectivity index (χ0) is 10.7. The SMILES string of the molecule is S=c1[nH]nc(CCCc2ccn(S)n2)o1. The largest absolute Gasteiger partial charge is 0.414 e. The Kier molecular flexibility index (Phi) is 3.22. The van der Waals surface area contributed by atoms with Crippen LogP contribution in [0.4, 0.5) is 0 Å². The summed E-state index contributed by atoms with van der Waals surface area (Å²) >= 11 is 8.83. The Morgan fingerprint density at radius 2 is 2.40 bits per heavy atom. The van der Waals surface area contributed by atoms with Crippen molar-refractivity contribution in [2.45, 2.75) is 19.3 Å². The topological polar surface area (TPSA) is 59.6 Å². The summed E-state index contributed by atoms with van der Waals surface area (Å²) in [5.74, 6) is 0.644. The molecular formula is C8H10N4OS2. The summed E-state index contributed by atoms with van der Waals surface area (Å²) in [6.07, 6.45) is 4.36. The molecule has 2 rings (SSSR count). The summed E-state index contributed by atoms with van der Waals surface area (Å²) in [5.41, 5.74) is 1.01. The van der Waals surface area contributed by atoms with Gasteiger partial charge in [0, 0.05) is 12.6 Å². The van der Waals surface area contributed by atoms with Crippen LogP contribution < -0.4 is 0 Å². The van der Waals surface area contributed by atoms with Crippen molar-refractivity contribution >= 4 is 25.0 Å². The van der Waals surface area contributed by atoms with Gasteiger partial charge in [0.15, 0.2) is 0 Å². The van der Waals surface area contributed by atoms with Gasteiger partial charge in [0.05, 0.1) is 5.69 Å². The molecule has 0 aliphatic heterocycles. The molecule has 80 valence electrons. The Balaban J connectivity index is 1.82. The monoisotopic (exact) mass is 242 g/mol. The summed E-state index contributed by atoms with van der Waals surface area (Å²) in [6, 6.07) is 1.94. The molecule has 1 N–H and O–H groups in total. The van der Waals surface area contributed by atoms with E-state index in [-0.39, 0.29) is 0 Å². The summed E-state index contributed by atoms with van der Waals surface area (Å²) in [5, 5.41) is 10.7. The zero-order valence-electron chi connectivity index (χ0n) is 7.88. The van der Waals surface area contributed by atoms with Crippen molar-refractivity contribution in [1.82, 2.24) is 19.4 Å². The molecule has 0 fully saturated rings. The lowest BCUT2D eigenvalue weighted by Crippen LogP contribution is -1.92. The normalized spacial score (nSPS) is 10.7. The standard InChI is InChI=1S/C8H10N4OS2/c14-8-10-9-7(13-8)3-1-2-6-4-5-12(15)11-6/h4-5,15H,1-3H2,(H,10,14). The van der Waals surface area contributed by atoms with Crippen LogP contribution in [0, 0.1) is 4.84 Å². The van der Waals surface area contributed by atoms with Gasteiger partial charge < -0.3 is 4.42 Å². The number of nitrogens with one attached hydrogen (secondary N) is 1. The fourth-order valence-electron chi connectivity index (χ4n) is 1.27. The van der Waals surface area contributed by atoms with Crippen molar-refractivity contribution in [3.8, 4) is 0 Å². The molecule has 2 aromatic rings. The first kappa shape index (κ1) is 10.4. The highest BCUT2D eigenvalue weighted by Crippen LogP contribution is 2.05. The van der Waals surface area contributed by atoms with E-state index in [1.165, 1.54) is 4.09 Å². The van der Waals surface area contributed by atoms with Gasteiger partial charge in [-0.3, -0.25) is 0 Å². The summed E-state index contributed by atoms with van der Waals surface area (Å²) in [4.78, 5) is 0.324. The minimum absolute atomic E-state index is 0.324. The highest BCUT2D eigenvalue weighted by molar-refractivity contribution is 7.78. The van der Waals surface area contributed by atoms with Crippen molar-refractivity contribution in [1.29, 1.82) is 0 Å². The zero-order valence-corrected chi connectivity index (χ0v) is 9.59. The van der Waals surface area contributed by atoms with E-state index in [2.05, 4.69) is 28.1 Å². The van der Waals surface area contributed by atoms with Gasteiger partial charge in [-0.15, -0.1) is 5.10 Å².